The molecule has 1 aliphatic rings. The molecule has 1 aliphatic heterocycles. The second-order valence-electron chi connectivity index (χ2n) is 2.03. The summed E-state index contributed by atoms with van der Waals surface area (Å²) in [6, 6.07) is 0. The van der Waals surface area contributed by atoms with Crippen LogP contribution >= 0.6 is 34.4 Å². The second kappa shape index (κ2) is 3.56. The molecular weight excluding hydrogens is 193 g/mol. The van der Waals surface area contributed by atoms with Gasteiger partial charge in [0.05, 0.1) is 0 Å². The minimum Gasteiger partial charge on any atom is -0.343 e. The van der Waals surface area contributed by atoms with Crippen LogP contribution < -0.4 is 10.3 Å². The molecule has 1 heterocycles. The van der Waals surface area contributed by atoms with Crippen LogP contribution in [0.25, 0.3) is 0 Å². The molecule has 0 aromatic heterocycles. The highest BCUT2D eigenvalue weighted by atomic mass is 35.5. The summed E-state index contributed by atoms with van der Waals surface area (Å²) >= 11 is 17.2. The van der Waals surface area contributed by atoms with E-state index in [4.69, 9.17) is 34.4 Å². The lowest BCUT2D eigenvalue weighted by molar-refractivity contribution is 0.793. The highest BCUT2D eigenvalue weighted by Crippen LogP contribution is 2.05. The molecule has 0 aliphatic carbocycles. The minimum atomic E-state index is -0.360. The first-order valence-corrected chi connectivity index (χ1v) is 4.08. The Balaban J connectivity index is 2.49. The van der Waals surface area contributed by atoms with E-state index in [0.29, 0.717) is 0 Å². The van der Waals surface area contributed by atoms with Crippen LogP contribution in [0.15, 0.2) is 0 Å². The van der Waals surface area contributed by atoms with Crippen molar-refractivity contribution in [2.75, 3.05) is 7.05 Å². The summed E-state index contributed by atoms with van der Waals surface area (Å²) < 4.78 is 1.71. The minimum absolute atomic E-state index is 0.314. The van der Waals surface area contributed by atoms with Gasteiger partial charge in [0, 0.05) is 0 Å². The summed E-state index contributed by atoms with van der Waals surface area (Å²) in [5.74, 6) is 0. The van der Waals surface area contributed by atoms with Gasteiger partial charge in [0.2, 0.25) is 0 Å². The predicted octanol–water partition coefficient (Wildman–Crippen LogP) is -0.218. The number of hydrogen-bond acceptors (Lipinski definition) is 3. The van der Waals surface area contributed by atoms with Crippen LogP contribution in [-0.2, 0) is 0 Å². The maximum atomic E-state index is 5.76. The van der Waals surface area contributed by atoms with Gasteiger partial charge in [-0.15, -0.1) is 0 Å². The van der Waals surface area contributed by atoms with E-state index in [0.717, 1.165) is 0 Å². The molecule has 0 radical (unpaired) electrons. The highest BCUT2D eigenvalue weighted by Gasteiger charge is 2.37. The molecule has 0 aromatic carbocycles. The Kier molecular flexibility index (Phi) is 3.22. The first-order chi connectivity index (χ1) is 4.61. The zero-order valence-electron chi connectivity index (χ0n) is 5.31. The average molecular weight is 198 g/mol. The van der Waals surface area contributed by atoms with Crippen molar-refractivity contribution in [1.82, 2.24) is 15.0 Å². The van der Waals surface area contributed by atoms with Crippen LogP contribution in [0.4, 0.5) is 0 Å². The number of nitrogens with one attached hydrogen (secondary N) is 2. The van der Waals surface area contributed by atoms with Crippen molar-refractivity contribution < 1.29 is 0 Å². The fourth-order valence-corrected chi connectivity index (χ4v) is 1.54. The van der Waals surface area contributed by atoms with E-state index < -0.39 is 0 Å². The van der Waals surface area contributed by atoms with E-state index in [9.17, 15) is 0 Å². The van der Waals surface area contributed by atoms with Crippen LogP contribution in [0.5, 0.6) is 0 Å². The summed E-state index contributed by atoms with van der Waals surface area (Å²) in [6.07, 6.45) is -0.987. The standard InChI is InChI=1S/CH5B3Cl3N3/c1-10-3(6)8-2(5)9-4(10)7/h8-9H,1H3. The fraction of sp³-hybridized carbons (Fsp3) is 1.00. The molecule has 1 saturated heterocycles. The summed E-state index contributed by atoms with van der Waals surface area (Å²) in [5, 5.41) is 5.64. The molecule has 2 N–H and O–H groups in total. The first kappa shape index (κ1) is 9.04. The van der Waals surface area contributed by atoms with Gasteiger partial charge in [0.1, 0.15) is 0 Å². The van der Waals surface area contributed by atoms with E-state index in [1.165, 1.54) is 0 Å². The van der Waals surface area contributed by atoms with Gasteiger partial charge in [-0.05, 0) is 7.05 Å². The van der Waals surface area contributed by atoms with Gasteiger partial charge in [-0.3, -0.25) is 0 Å². The van der Waals surface area contributed by atoms with Gasteiger partial charge in [-0.25, -0.2) is 0 Å². The zero-order chi connectivity index (χ0) is 7.72. The number of hydrogen-bond donors (Lipinski definition) is 2. The molecule has 1 fully saturated rings. The van der Waals surface area contributed by atoms with Gasteiger partial charge in [0.25, 0.3) is 0 Å². The van der Waals surface area contributed by atoms with Crippen LogP contribution in [0.3, 0.4) is 0 Å². The topological polar surface area (TPSA) is 27.3 Å². The SMILES string of the molecule is CN1B(Cl)NB(Cl)NB1Cl. The van der Waals surface area contributed by atoms with Crippen molar-refractivity contribution in [1.29, 1.82) is 0 Å². The lowest BCUT2D eigenvalue weighted by atomic mass is 9.79. The number of rotatable bonds is 0. The molecule has 1 rings (SSSR count). The molecule has 0 bridgehead atoms. The molecule has 0 saturated carbocycles. The Labute approximate surface area is 75.9 Å². The van der Waals surface area contributed by atoms with E-state index >= 15 is 0 Å². The maximum Gasteiger partial charge on any atom is 0.398 e. The Morgan fingerprint density at radius 3 is 1.90 bits per heavy atom. The van der Waals surface area contributed by atoms with Gasteiger partial charge >= 0.3 is 19.2 Å². The molecule has 0 atom stereocenters. The molecule has 3 nitrogen and oxygen atoms in total. The van der Waals surface area contributed by atoms with Crippen LogP contribution in [0.2, 0.25) is 0 Å². The van der Waals surface area contributed by atoms with Crippen molar-refractivity contribution >= 4 is 53.6 Å². The highest BCUT2D eigenvalue weighted by molar-refractivity contribution is 7.26. The van der Waals surface area contributed by atoms with E-state index in [1.807, 2.05) is 0 Å². The Hall–Kier alpha value is 0.945. The third-order valence-corrected chi connectivity index (χ3v) is 2.40. The van der Waals surface area contributed by atoms with Crippen LogP contribution in [0, 0.1) is 0 Å². The third-order valence-electron chi connectivity index (χ3n) is 1.28. The van der Waals surface area contributed by atoms with E-state index in [1.54, 1.807) is 11.8 Å². The second-order valence-corrected chi connectivity index (χ2v) is 3.30. The van der Waals surface area contributed by atoms with Crippen molar-refractivity contribution in [2.24, 2.45) is 0 Å². The lowest BCUT2D eigenvalue weighted by Crippen LogP contribution is -2.69. The van der Waals surface area contributed by atoms with E-state index in [-0.39, 0.29) is 19.2 Å². The van der Waals surface area contributed by atoms with Crippen molar-refractivity contribution in [2.45, 2.75) is 0 Å². The summed E-state index contributed by atoms with van der Waals surface area (Å²) in [6.45, 7) is 0. The van der Waals surface area contributed by atoms with Gasteiger partial charge in [-0.1, -0.05) is 0 Å². The van der Waals surface area contributed by atoms with Crippen molar-refractivity contribution in [3.63, 3.8) is 0 Å². The molecule has 0 amide bonds. The monoisotopic (exact) mass is 197 g/mol. The number of nitrogens with zero attached hydrogens (tertiary/aromatic N) is 1. The largest absolute Gasteiger partial charge is 0.398 e. The van der Waals surface area contributed by atoms with Gasteiger partial charge in [0.15, 0.2) is 0 Å². The summed E-state index contributed by atoms with van der Waals surface area (Å²) in [7, 11) is 1.79. The third kappa shape index (κ3) is 1.97. The number of halogens is 3. The molecular formula is CH5B3Cl3N3. The molecule has 0 unspecified atom stereocenters. The van der Waals surface area contributed by atoms with Crippen LogP contribution in [0.1, 0.15) is 0 Å². The average Bonchev–Trinajstić information content (AvgIpc) is 1.82. The molecule has 10 heavy (non-hydrogen) atoms. The lowest BCUT2D eigenvalue weighted by Gasteiger charge is -2.30. The summed E-state index contributed by atoms with van der Waals surface area (Å²) in [5.41, 5.74) is 0. The first-order valence-electron chi connectivity index (χ1n) is 2.77. The maximum absolute atomic E-state index is 5.76. The smallest absolute Gasteiger partial charge is 0.343 e. The van der Waals surface area contributed by atoms with E-state index in [2.05, 4.69) is 10.3 Å². The van der Waals surface area contributed by atoms with Crippen molar-refractivity contribution in [3.8, 4) is 0 Å². The summed E-state index contributed by atoms with van der Waals surface area (Å²) in [4.78, 5) is 0. The molecule has 54 valence electrons. The fourth-order valence-electron chi connectivity index (χ4n) is 0.640. The molecule has 0 aromatic rings. The van der Waals surface area contributed by atoms with Gasteiger partial charge < -0.3 is 15.0 Å². The quantitative estimate of drug-likeness (QED) is 0.527. The van der Waals surface area contributed by atoms with Crippen molar-refractivity contribution in [3.05, 3.63) is 0 Å². The predicted molar refractivity (Wildman–Crippen MR) is 48.9 cm³/mol. The Morgan fingerprint density at radius 2 is 1.50 bits per heavy atom. The van der Waals surface area contributed by atoms with Gasteiger partial charge in [-0.2, -0.15) is 34.4 Å². The zero-order valence-corrected chi connectivity index (χ0v) is 7.58. The molecule has 0 spiro atoms. The normalized spacial score (nSPS) is 22.2. The van der Waals surface area contributed by atoms with Crippen LogP contribution in [-0.4, -0.2) is 31.0 Å². The molecule has 9 heteroatoms. The Bertz CT molecular complexity index is 114. The Morgan fingerprint density at radius 1 is 1.10 bits per heavy atom.